The number of hydrogen-bond acceptors (Lipinski definition) is 4. The van der Waals surface area contributed by atoms with Crippen molar-refractivity contribution in [3.63, 3.8) is 0 Å². The zero-order chi connectivity index (χ0) is 17.2. The van der Waals surface area contributed by atoms with E-state index in [9.17, 15) is 13.2 Å². The van der Waals surface area contributed by atoms with Gasteiger partial charge in [0.05, 0.1) is 10.6 Å². The molecule has 1 aliphatic rings. The van der Waals surface area contributed by atoms with Crippen molar-refractivity contribution in [1.82, 2.24) is 10.2 Å². The first-order chi connectivity index (χ1) is 11.5. The van der Waals surface area contributed by atoms with Gasteiger partial charge in [-0.2, -0.15) is 0 Å². The first-order valence-electron chi connectivity index (χ1n) is 7.84. The van der Waals surface area contributed by atoms with Crippen molar-refractivity contribution in [2.45, 2.75) is 30.8 Å². The highest BCUT2D eigenvalue weighted by atomic mass is 32.2. The smallest absolute Gasteiger partial charge is 0.317 e. The topological polar surface area (TPSA) is 66.5 Å². The van der Waals surface area contributed by atoms with Gasteiger partial charge in [-0.3, -0.25) is 0 Å². The van der Waals surface area contributed by atoms with E-state index >= 15 is 0 Å². The maximum atomic E-state index is 12.5. The van der Waals surface area contributed by atoms with Gasteiger partial charge in [0.1, 0.15) is 0 Å². The lowest BCUT2D eigenvalue weighted by Gasteiger charge is -2.23. The van der Waals surface area contributed by atoms with Crippen molar-refractivity contribution >= 4 is 27.2 Å². The largest absolute Gasteiger partial charge is 0.335 e. The lowest BCUT2D eigenvalue weighted by molar-refractivity contribution is 0.195. The first kappa shape index (κ1) is 17.0. The standard InChI is InChI=1S/C17H20N2O3S2/c1-13(11-15-6-4-9-23-15)18-17(20)19-8-10-24(21,22)16-7-3-2-5-14(16)12-19/h2-7,9,13H,8,10-12H2,1H3,(H,18,20). The summed E-state index contributed by atoms with van der Waals surface area (Å²) < 4.78 is 24.7. The molecule has 1 N–H and O–H groups in total. The summed E-state index contributed by atoms with van der Waals surface area (Å²) in [6.07, 6.45) is 0.770. The van der Waals surface area contributed by atoms with E-state index in [0.29, 0.717) is 17.0 Å². The molecule has 1 unspecified atom stereocenters. The van der Waals surface area contributed by atoms with E-state index in [1.165, 1.54) is 4.88 Å². The second kappa shape index (κ2) is 6.94. The molecule has 128 valence electrons. The summed E-state index contributed by atoms with van der Waals surface area (Å²) in [4.78, 5) is 15.7. The maximum absolute atomic E-state index is 12.5. The fourth-order valence-electron chi connectivity index (χ4n) is 2.82. The molecule has 24 heavy (non-hydrogen) atoms. The lowest BCUT2D eigenvalue weighted by atomic mass is 10.2. The van der Waals surface area contributed by atoms with Gasteiger partial charge in [0, 0.05) is 30.4 Å². The summed E-state index contributed by atoms with van der Waals surface area (Å²) in [7, 11) is -3.33. The molecule has 0 saturated carbocycles. The van der Waals surface area contributed by atoms with E-state index in [1.807, 2.05) is 24.4 Å². The Balaban J connectivity index is 1.70. The van der Waals surface area contributed by atoms with E-state index in [2.05, 4.69) is 5.32 Å². The summed E-state index contributed by atoms with van der Waals surface area (Å²) in [5, 5.41) is 4.99. The number of benzene rings is 1. The number of rotatable bonds is 3. The number of carbonyl (C=O) groups excluding carboxylic acids is 1. The molecule has 0 radical (unpaired) electrons. The van der Waals surface area contributed by atoms with Gasteiger partial charge in [0.2, 0.25) is 0 Å². The highest BCUT2D eigenvalue weighted by Gasteiger charge is 2.27. The fraction of sp³-hybridized carbons (Fsp3) is 0.353. The van der Waals surface area contributed by atoms with Crippen LogP contribution in [0.5, 0.6) is 0 Å². The van der Waals surface area contributed by atoms with Crippen LogP contribution < -0.4 is 5.32 Å². The quantitative estimate of drug-likeness (QED) is 0.911. The van der Waals surface area contributed by atoms with E-state index in [-0.39, 0.29) is 24.4 Å². The molecule has 1 aromatic heterocycles. The maximum Gasteiger partial charge on any atom is 0.317 e. The highest BCUT2D eigenvalue weighted by Crippen LogP contribution is 2.22. The molecule has 0 spiro atoms. The van der Waals surface area contributed by atoms with Crippen LogP contribution >= 0.6 is 11.3 Å². The first-order valence-corrected chi connectivity index (χ1v) is 10.4. The number of hydrogen-bond donors (Lipinski definition) is 1. The molecule has 2 heterocycles. The highest BCUT2D eigenvalue weighted by molar-refractivity contribution is 7.91. The fourth-order valence-corrected chi connectivity index (χ4v) is 5.15. The predicted octanol–water partition coefficient (Wildman–Crippen LogP) is 2.68. The summed E-state index contributed by atoms with van der Waals surface area (Å²) in [5.41, 5.74) is 0.677. The van der Waals surface area contributed by atoms with Crippen LogP contribution in [0, 0.1) is 0 Å². The lowest BCUT2D eigenvalue weighted by Crippen LogP contribution is -2.45. The molecule has 7 heteroatoms. The van der Waals surface area contributed by atoms with Crippen molar-refractivity contribution in [2.75, 3.05) is 12.3 Å². The number of nitrogens with zero attached hydrogens (tertiary/aromatic N) is 1. The Morgan fingerprint density at radius 3 is 2.83 bits per heavy atom. The minimum absolute atomic E-state index is 0.00810. The third-order valence-corrected chi connectivity index (χ3v) is 6.73. The van der Waals surface area contributed by atoms with Crippen LogP contribution in [-0.2, 0) is 22.8 Å². The summed E-state index contributed by atoms with van der Waals surface area (Å²) >= 11 is 1.66. The van der Waals surface area contributed by atoms with Crippen molar-refractivity contribution in [1.29, 1.82) is 0 Å². The number of nitrogens with one attached hydrogen (secondary N) is 1. The van der Waals surface area contributed by atoms with Crippen LogP contribution in [0.15, 0.2) is 46.7 Å². The van der Waals surface area contributed by atoms with Gasteiger partial charge in [-0.05, 0) is 30.0 Å². The molecule has 0 saturated heterocycles. The van der Waals surface area contributed by atoms with Gasteiger partial charge >= 0.3 is 6.03 Å². The Kier molecular flexibility index (Phi) is 4.91. The molecule has 1 aliphatic heterocycles. The average Bonchev–Trinajstić information content (AvgIpc) is 2.99. The molecule has 1 atom stereocenters. The average molecular weight is 364 g/mol. The number of amides is 2. The minimum Gasteiger partial charge on any atom is -0.335 e. The number of urea groups is 1. The van der Waals surface area contributed by atoms with Crippen LogP contribution in [0.3, 0.4) is 0 Å². The number of carbonyl (C=O) groups is 1. The summed E-state index contributed by atoms with van der Waals surface area (Å²) in [5.74, 6) is -0.0449. The Morgan fingerprint density at radius 1 is 1.29 bits per heavy atom. The van der Waals surface area contributed by atoms with Crippen molar-refractivity contribution in [2.24, 2.45) is 0 Å². The molecule has 5 nitrogen and oxygen atoms in total. The van der Waals surface area contributed by atoms with Gasteiger partial charge in [-0.1, -0.05) is 24.3 Å². The third-order valence-electron chi connectivity index (χ3n) is 4.04. The van der Waals surface area contributed by atoms with Crippen LogP contribution in [0.2, 0.25) is 0 Å². The van der Waals surface area contributed by atoms with Crippen molar-refractivity contribution in [3.8, 4) is 0 Å². The number of sulfone groups is 1. The van der Waals surface area contributed by atoms with Crippen molar-refractivity contribution in [3.05, 3.63) is 52.2 Å². The van der Waals surface area contributed by atoms with Gasteiger partial charge in [-0.25, -0.2) is 13.2 Å². The van der Waals surface area contributed by atoms with E-state index in [1.54, 1.807) is 40.5 Å². The van der Waals surface area contributed by atoms with Crippen LogP contribution in [-0.4, -0.2) is 37.7 Å². The second-order valence-corrected chi connectivity index (χ2v) is 9.09. The Labute approximate surface area is 146 Å². The molecule has 0 fully saturated rings. The molecular weight excluding hydrogens is 344 g/mol. The molecule has 0 aliphatic carbocycles. The van der Waals surface area contributed by atoms with Gasteiger partial charge in [-0.15, -0.1) is 11.3 Å². The minimum atomic E-state index is -3.33. The monoisotopic (exact) mass is 364 g/mol. The number of thiophene rings is 1. The zero-order valence-corrected chi connectivity index (χ0v) is 15.1. The van der Waals surface area contributed by atoms with E-state index < -0.39 is 9.84 Å². The summed E-state index contributed by atoms with van der Waals surface area (Å²) in [6.45, 7) is 2.47. The molecular formula is C17H20N2O3S2. The van der Waals surface area contributed by atoms with E-state index in [0.717, 1.165) is 6.42 Å². The normalized spacial score (nSPS) is 17.6. The van der Waals surface area contributed by atoms with Crippen LogP contribution in [0.1, 0.15) is 17.4 Å². The molecule has 2 amide bonds. The third kappa shape index (κ3) is 3.79. The second-order valence-electron chi connectivity index (χ2n) is 5.98. The Bertz CT molecular complexity index is 816. The molecule has 2 aromatic rings. The Morgan fingerprint density at radius 2 is 2.08 bits per heavy atom. The number of fused-ring (bicyclic) bond motifs is 1. The van der Waals surface area contributed by atoms with Gasteiger partial charge < -0.3 is 10.2 Å². The SMILES string of the molecule is CC(Cc1cccs1)NC(=O)N1CCS(=O)(=O)c2ccccc2C1. The molecule has 0 bridgehead atoms. The van der Waals surface area contributed by atoms with Gasteiger partial charge in [0.15, 0.2) is 9.84 Å². The van der Waals surface area contributed by atoms with Crippen molar-refractivity contribution < 1.29 is 13.2 Å². The summed E-state index contributed by atoms with van der Waals surface area (Å²) in [6, 6.07) is 10.7. The predicted molar refractivity (Wildman–Crippen MR) is 94.9 cm³/mol. The van der Waals surface area contributed by atoms with Crippen LogP contribution in [0.25, 0.3) is 0 Å². The zero-order valence-electron chi connectivity index (χ0n) is 13.4. The van der Waals surface area contributed by atoms with E-state index in [4.69, 9.17) is 0 Å². The molecule has 3 rings (SSSR count). The Hall–Kier alpha value is -1.86. The van der Waals surface area contributed by atoms with Crippen LogP contribution in [0.4, 0.5) is 4.79 Å². The van der Waals surface area contributed by atoms with Gasteiger partial charge in [0.25, 0.3) is 0 Å². The molecule has 1 aromatic carbocycles.